The lowest BCUT2D eigenvalue weighted by molar-refractivity contribution is 0.101. The van der Waals surface area contributed by atoms with Crippen molar-refractivity contribution >= 4 is 22.6 Å². The highest BCUT2D eigenvalue weighted by Gasteiger charge is 2.17. The first kappa shape index (κ1) is 19.6. The molecular weight excluding hydrogens is 354 g/mol. The quantitative estimate of drug-likeness (QED) is 0.588. The molecular formula is C22H25N3O3. The molecule has 0 N–H and O–H groups in total. The van der Waals surface area contributed by atoms with Crippen molar-refractivity contribution in [2.24, 2.45) is 0 Å². The number of nitrogens with zero attached hydrogens (tertiary/aromatic N) is 3. The maximum Gasteiger partial charge on any atom is 0.294 e. The van der Waals surface area contributed by atoms with E-state index < -0.39 is 0 Å². The Morgan fingerprint density at radius 2 is 1.86 bits per heavy atom. The number of hydrogen-bond acceptors (Lipinski definition) is 5. The third kappa shape index (κ3) is 3.63. The number of benzene rings is 2. The summed E-state index contributed by atoms with van der Waals surface area (Å²) < 4.78 is 7.18. The molecule has 0 unspecified atom stereocenters. The van der Waals surface area contributed by atoms with Crippen LogP contribution >= 0.6 is 0 Å². The fourth-order valence-corrected chi connectivity index (χ4v) is 3.36. The van der Waals surface area contributed by atoms with Crippen LogP contribution in [-0.2, 0) is 6.54 Å². The van der Waals surface area contributed by atoms with E-state index in [4.69, 9.17) is 4.74 Å². The van der Waals surface area contributed by atoms with Gasteiger partial charge in [-0.3, -0.25) is 14.2 Å². The number of rotatable bonds is 7. The van der Waals surface area contributed by atoms with E-state index in [0.717, 1.165) is 16.6 Å². The van der Waals surface area contributed by atoms with E-state index in [1.807, 2.05) is 43.0 Å². The lowest BCUT2D eigenvalue weighted by Crippen LogP contribution is -2.34. The Bertz CT molecular complexity index is 1070. The molecule has 0 saturated carbocycles. The number of hydrogen-bond donors (Lipinski definition) is 0. The van der Waals surface area contributed by atoms with E-state index in [2.05, 4.69) is 4.98 Å². The van der Waals surface area contributed by atoms with Gasteiger partial charge in [0.25, 0.3) is 5.56 Å². The number of methoxy groups -OCH3 is 1. The summed E-state index contributed by atoms with van der Waals surface area (Å²) in [6.07, 6.45) is 0. The molecule has 1 heterocycles. The zero-order valence-electron chi connectivity index (χ0n) is 16.7. The lowest BCUT2D eigenvalue weighted by Gasteiger charge is -2.21. The molecule has 3 rings (SSSR count). The molecule has 0 bridgehead atoms. The van der Waals surface area contributed by atoms with Gasteiger partial charge in [-0.15, -0.1) is 0 Å². The van der Waals surface area contributed by atoms with Crippen molar-refractivity contribution in [3.63, 3.8) is 0 Å². The van der Waals surface area contributed by atoms with E-state index in [0.29, 0.717) is 36.8 Å². The topological polar surface area (TPSA) is 64.4 Å². The Labute approximate surface area is 164 Å². The molecule has 0 aliphatic rings. The summed E-state index contributed by atoms with van der Waals surface area (Å²) in [7, 11) is 1.58. The van der Waals surface area contributed by atoms with Gasteiger partial charge in [-0.05, 0) is 51.1 Å². The number of ketones is 1. The summed E-state index contributed by atoms with van der Waals surface area (Å²) in [4.78, 5) is 31.7. The van der Waals surface area contributed by atoms with Crippen molar-refractivity contribution in [3.05, 3.63) is 63.9 Å². The van der Waals surface area contributed by atoms with E-state index in [-0.39, 0.29) is 11.3 Å². The van der Waals surface area contributed by atoms with Crippen LogP contribution in [-0.4, -0.2) is 35.5 Å². The first-order valence-electron chi connectivity index (χ1n) is 9.42. The minimum Gasteiger partial charge on any atom is -0.496 e. The van der Waals surface area contributed by atoms with E-state index in [1.165, 1.54) is 6.92 Å². The van der Waals surface area contributed by atoms with Crippen LogP contribution in [0.3, 0.4) is 0 Å². The summed E-state index contributed by atoms with van der Waals surface area (Å²) >= 11 is 0. The molecule has 0 spiro atoms. The molecule has 28 heavy (non-hydrogen) atoms. The van der Waals surface area contributed by atoms with Crippen LogP contribution in [0.25, 0.3) is 11.0 Å². The minimum atomic E-state index is -0.155. The van der Waals surface area contributed by atoms with Gasteiger partial charge in [-0.2, -0.15) is 0 Å². The number of carbonyl (C=O) groups is 1. The van der Waals surface area contributed by atoms with Crippen molar-refractivity contribution in [2.75, 3.05) is 25.1 Å². The average Bonchev–Trinajstić information content (AvgIpc) is 2.71. The highest BCUT2D eigenvalue weighted by atomic mass is 16.5. The minimum absolute atomic E-state index is 0.0281. The van der Waals surface area contributed by atoms with Gasteiger partial charge >= 0.3 is 0 Å². The standard InChI is InChI=1S/C22H25N3O3/c1-5-24(6-2)21-22(27)25(19-10-8-7-9-18(19)23-21)14-17-13-16(15(3)26)11-12-20(17)28-4/h7-13H,5-6,14H2,1-4H3. The van der Waals surface area contributed by atoms with E-state index in [1.54, 1.807) is 29.9 Å². The molecule has 0 aliphatic carbocycles. The zero-order chi connectivity index (χ0) is 20.3. The van der Waals surface area contributed by atoms with Crippen molar-refractivity contribution in [1.29, 1.82) is 0 Å². The summed E-state index contributed by atoms with van der Waals surface area (Å²) in [5, 5.41) is 0. The third-order valence-corrected chi connectivity index (χ3v) is 4.91. The lowest BCUT2D eigenvalue weighted by atomic mass is 10.1. The second kappa shape index (κ2) is 8.25. The number of anilines is 1. The summed E-state index contributed by atoms with van der Waals surface area (Å²) in [5.41, 5.74) is 2.72. The zero-order valence-corrected chi connectivity index (χ0v) is 16.7. The van der Waals surface area contributed by atoms with Gasteiger partial charge in [0.05, 0.1) is 24.7 Å². The maximum atomic E-state index is 13.3. The molecule has 3 aromatic rings. The molecule has 146 valence electrons. The second-order valence-electron chi connectivity index (χ2n) is 6.57. The number of fused-ring (bicyclic) bond motifs is 1. The van der Waals surface area contributed by atoms with Crippen molar-refractivity contribution in [3.8, 4) is 5.75 Å². The average molecular weight is 379 g/mol. The van der Waals surface area contributed by atoms with Gasteiger partial charge in [0.15, 0.2) is 11.6 Å². The highest BCUT2D eigenvalue weighted by molar-refractivity contribution is 5.94. The molecule has 0 amide bonds. The van der Waals surface area contributed by atoms with Crippen LogP contribution in [0.15, 0.2) is 47.3 Å². The largest absolute Gasteiger partial charge is 0.496 e. The normalized spacial score (nSPS) is 10.9. The van der Waals surface area contributed by atoms with Crippen LogP contribution in [0.1, 0.15) is 36.7 Å². The third-order valence-electron chi connectivity index (χ3n) is 4.91. The Morgan fingerprint density at radius 1 is 1.14 bits per heavy atom. The SMILES string of the molecule is CCN(CC)c1nc2ccccc2n(Cc2cc(C(C)=O)ccc2OC)c1=O. The van der Waals surface area contributed by atoms with Gasteiger partial charge < -0.3 is 9.64 Å². The van der Waals surface area contributed by atoms with Crippen molar-refractivity contribution < 1.29 is 9.53 Å². The number of carbonyl (C=O) groups excluding carboxylic acids is 1. The van der Waals surface area contributed by atoms with Gasteiger partial charge in [0, 0.05) is 24.2 Å². The summed E-state index contributed by atoms with van der Waals surface area (Å²) in [6.45, 7) is 7.21. The monoisotopic (exact) mass is 379 g/mol. The Kier molecular flexibility index (Phi) is 5.78. The molecule has 6 heteroatoms. The number of aromatic nitrogens is 2. The fourth-order valence-electron chi connectivity index (χ4n) is 3.36. The molecule has 6 nitrogen and oxygen atoms in total. The van der Waals surface area contributed by atoms with Crippen LogP contribution in [0, 0.1) is 0 Å². The van der Waals surface area contributed by atoms with E-state index >= 15 is 0 Å². The van der Waals surface area contributed by atoms with Gasteiger partial charge in [0.2, 0.25) is 0 Å². The van der Waals surface area contributed by atoms with Crippen LogP contribution in [0.4, 0.5) is 5.82 Å². The van der Waals surface area contributed by atoms with Crippen LogP contribution in [0.5, 0.6) is 5.75 Å². The Hall–Kier alpha value is -3.15. The van der Waals surface area contributed by atoms with Gasteiger partial charge in [-0.1, -0.05) is 12.1 Å². The smallest absolute Gasteiger partial charge is 0.294 e. The summed E-state index contributed by atoms with van der Waals surface area (Å²) in [5.74, 6) is 1.05. The van der Waals surface area contributed by atoms with E-state index in [9.17, 15) is 9.59 Å². The molecule has 0 aliphatic heterocycles. The molecule has 2 aromatic carbocycles. The Balaban J connectivity index is 2.23. The molecule has 1 aromatic heterocycles. The van der Waals surface area contributed by atoms with Crippen LogP contribution < -0.4 is 15.2 Å². The molecule has 0 fully saturated rings. The number of ether oxygens (including phenoxy) is 1. The summed E-state index contributed by atoms with van der Waals surface area (Å²) in [6, 6.07) is 12.9. The predicted molar refractivity (Wildman–Crippen MR) is 112 cm³/mol. The van der Waals surface area contributed by atoms with Crippen LogP contribution in [0.2, 0.25) is 0 Å². The number of para-hydroxylation sites is 2. The Morgan fingerprint density at radius 3 is 2.50 bits per heavy atom. The van der Waals surface area contributed by atoms with Gasteiger partial charge in [-0.25, -0.2) is 4.98 Å². The number of Topliss-reactive ketones (excluding diaryl/α,β-unsaturated/α-hetero) is 1. The van der Waals surface area contributed by atoms with Gasteiger partial charge in [0.1, 0.15) is 5.75 Å². The molecule has 0 radical (unpaired) electrons. The second-order valence-corrected chi connectivity index (χ2v) is 6.57. The molecule has 0 atom stereocenters. The maximum absolute atomic E-state index is 13.3. The first-order valence-corrected chi connectivity index (χ1v) is 9.42. The highest BCUT2D eigenvalue weighted by Crippen LogP contribution is 2.23. The predicted octanol–water partition coefficient (Wildman–Crippen LogP) is 3.50. The van der Waals surface area contributed by atoms with Crippen molar-refractivity contribution in [1.82, 2.24) is 9.55 Å². The van der Waals surface area contributed by atoms with Crippen molar-refractivity contribution in [2.45, 2.75) is 27.3 Å². The molecule has 0 saturated heterocycles. The first-order chi connectivity index (χ1) is 13.5. The fraction of sp³-hybridized carbons (Fsp3) is 0.318.